The zero-order valence-corrected chi connectivity index (χ0v) is 12.1. The first-order valence-corrected chi connectivity index (χ1v) is 7.52. The van der Waals surface area contributed by atoms with E-state index in [1.807, 2.05) is 20.8 Å². The van der Waals surface area contributed by atoms with Gasteiger partial charge in [0.05, 0.1) is 12.4 Å². The minimum atomic E-state index is -3.27. The minimum Gasteiger partial charge on any atom is -0.391 e. The second-order valence-corrected chi connectivity index (χ2v) is 7.88. The van der Waals surface area contributed by atoms with Crippen molar-refractivity contribution >= 4 is 27.2 Å². The van der Waals surface area contributed by atoms with Gasteiger partial charge in [0.2, 0.25) is 10.0 Å². The van der Waals surface area contributed by atoms with Crippen LogP contribution < -0.4 is 5.73 Å². The van der Waals surface area contributed by atoms with Crippen molar-refractivity contribution in [3.8, 4) is 0 Å². The maximum absolute atomic E-state index is 12.2. The smallest absolute Gasteiger partial charge is 0.214 e. The van der Waals surface area contributed by atoms with Crippen molar-refractivity contribution in [3.05, 3.63) is 0 Å². The van der Waals surface area contributed by atoms with Crippen LogP contribution in [0.5, 0.6) is 0 Å². The van der Waals surface area contributed by atoms with Gasteiger partial charge >= 0.3 is 0 Å². The Kier molecular flexibility index (Phi) is 4.51. The molecule has 1 heterocycles. The van der Waals surface area contributed by atoms with Crippen molar-refractivity contribution in [2.24, 2.45) is 11.1 Å². The Labute approximate surface area is 108 Å². The van der Waals surface area contributed by atoms with Crippen molar-refractivity contribution in [1.82, 2.24) is 4.31 Å². The molecule has 0 aromatic carbocycles. The standard InChI is InChI=1S/C10H20N2O3S2/c1-10(2,3)7-17(13,14)12-4-5-15-8(6-12)9(11)16/h8H,4-7H2,1-3H3,(H2,11,16). The van der Waals surface area contributed by atoms with Crippen LogP contribution >= 0.6 is 12.2 Å². The summed E-state index contributed by atoms with van der Waals surface area (Å²) >= 11 is 4.83. The molecule has 1 aliphatic rings. The maximum atomic E-state index is 12.2. The van der Waals surface area contributed by atoms with E-state index in [9.17, 15) is 8.42 Å². The lowest BCUT2D eigenvalue weighted by molar-refractivity contribution is 0.0384. The molecule has 0 aromatic heterocycles. The number of hydrogen-bond acceptors (Lipinski definition) is 4. The Hall–Kier alpha value is -0.240. The summed E-state index contributed by atoms with van der Waals surface area (Å²) in [6.07, 6.45) is -0.464. The topological polar surface area (TPSA) is 72.6 Å². The van der Waals surface area contributed by atoms with Gasteiger partial charge < -0.3 is 10.5 Å². The molecule has 1 aliphatic heterocycles. The van der Waals surface area contributed by atoms with Gasteiger partial charge in [-0.3, -0.25) is 0 Å². The Balaban J connectivity index is 2.75. The molecule has 0 bridgehead atoms. The van der Waals surface area contributed by atoms with Crippen molar-refractivity contribution in [2.75, 3.05) is 25.4 Å². The second-order valence-electron chi connectivity index (χ2n) is 5.44. The third-order valence-electron chi connectivity index (χ3n) is 2.36. The molecule has 5 nitrogen and oxygen atoms in total. The minimum absolute atomic E-state index is 0.115. The van der Waals surface area contributed by atoms with E-state index in [0.717, 1.165) is 0 Å². The number of thiocarbonyl (C=S) groups is 1. The number of morpholine rings is 1. The summed E-state index contributed by atoms with van der Waals surface area (Å²) in [5, 5.41) is 0. The molecule has 1 unspecified atom stereocenters. The van der Waals surface area contributed by atoms with Gasteiger partial charge in [0.25, 0.3) is 0 Å². The summed E-state index contributed by atoms with van der Waals surface area (Å²) < 4.78 is 31.1. The van der Waals surface area contributed by atoms with Gasteiger partial charge in [-0.05, 0) is 5.41 Å². The van der Waals surface area contributed by atoms with Crippen molar-refractivity contribution in [3.63, 3.8) is 0 Å². The molecule has 100 valence electrons. The van der Waals surface area contributed by atoms with E-state index in [2.05, 4.69) is 0 Å². The number of nitrogens with zero attached hydrogens (tertiary/aromatic N) is 1. The first-order valence-electron chi connectivity index (χ1n) is 5.50. The Morgan fingerprint density at radius 2 is 2.12 bits per heavy atom. The van der Waals surface area contributed by atoms with Crippen LogP contribution in [-0.4, -0.2) is 49.3 Å². The molecule has 0 radical (unpaired) electrons. The molecule has 1 atom stereocenters. The molecule has 0 aromatic rings. The monoisotopic (exact) mass is 280 g/mol. The molecule has 0 spiro atoms. The zero-order chi connectivity index (χ0) is 13.3. The number of sulfonamides is 1. The Morgan fingerprint density at radius 3 is 2.59 bits per heavy atom. The molecule has 17 heavy (non-hydrogen) atoms. The highest BCUT2D eigenvalue weighted by atomic mass is 32.2. The largest absolute Gasteiger partial charge is 0.391 e. The fourth-order valence-electron chi connectivity index (χ4n) is 1.69. The Bertz CT molecular complexity index is 387. The summed E-state index contributed by atoms with van der Waals surface area (Å²) in [5.74, 6) is 0.115. The number of hydrogen-bond donors (Lipinski definition) is 1. The third-order valence-corrected chi connectivity index (χ3v) is 4.97. The van der Waals surface area contributed by atoms with Gasteiger partial charge in [-0.15, -0.1) is 0 Å². The predicted molar refractivity (Wildman–Crippen MR) is 71.3 cm³/mol. The molecule has 1 rings (SSSR count). The van der Waals surface area contributed by atoms with E-state index >= 15 is 0 Å². The molecule has 1 fully saturated rings. The lowest BCUT2D eigenvalue weighted by atomic mass is 10.0. The molecule has 2 N–H and O–H groups in total. The van der Waals surface area contributed by atoms with Crippen LogP contribution in [-0.2, 0) is 14.8 Å². The molecule has 0 saturated carbocycles. The van der Waals surface area contributed by atoms with Gasteiger partial charge in [-0.2, -0.15) is 4.31 Å². The highest BCUT2D eigenvalue weighted by molar-refractivity contribution is 7.89. The van der Waals surface area contributed by atoms with Crippen molar-refractivity contribution in [1.29, 1.82) is 0 Å². The maximum Gasteiger partial charge on any atom is 0.214 e. The number of nitrogens with two attached hydrogens (primary N) is 1. The van der Waals surface area contributed by atoms with Crippen LogP contribution in [0.25, 0.3) is 0 Å². The van der Waals surface area contributed by atoms with Crippen molar-refractivity contribution in [2.45, 2.75) is 26.9 Å². The molecular weight excluding hydrogens is 260 g/mol. The van der Waals surface area contributed by atoms with Crippen LogP contribution in [0.15, 0.2) is 0 Å². The molecule has 7 heteroatoms. The molecule has 0 amide bonds. The summed E-state index contributed by atoms with van der Waals surface area (Å²) in [7, 11) is -3.27. The zero-order valence-electron chi connectivity index (χ0n) is 10.5. The summed E-state index contributed by atoms with van der Waals surface area (Å²) in [6, 6.07) is 0. The number of rotatable bonds is 3. The quantitative estimate of drug-likeness (QED) is 0.755. The van der Waals surface area contributed by atoms with Crippen molar-refractivity contribution < 1.29 is 13.2 Å². The lowest BCUT2D eigenvalue weighted by Crippen LogP contribution is -2.51. The second kappa shape index (κ2) is 5.17. The van der Waals surface area contributed by atoms with E-state index in [4.69, 9.17) is 22.7 Å². The van der Waals surface area contributed by atoms with Crippen LogP contribution in [0.3, 0.4) is 0 Å². The van der Waals surface area contributed by atoms with E-state index < -0.39 is 16.1 Å². The van der Waals surface area contributed by atoms with Crippen LogP contribution in [0, 0.1) is 5.41 Å². The summed E-state index contributed by atoms with van der Waals surface area (Å²) in [4.78, 5) is 0.209. The van der Waals surface area contributed by atoms with E-state index in [-0.39, 0.29) is 22.7 Å². The van der Waals surface area contributed by atoms with E-state index in [0.29, 0.717) is 13.2 Å². The summed E-state index contributed by atoms with van der Waals surface area (Å²) in [5.41, 5.74) is 5.22. The highest BCUT2D eigenvalue weighted by Gasteiger charge is 2.33. The SMILES string of the molecule is CC(C)(C)CS(=O)(=O)N1CCOC(C(N)=S)C1. The van der Waals surface area contributed by atoms with Gasteiger partial charge in [-0.1, -0.05) is 33.0 Å². The molecular formula is C10H20N2O3S2. The first-order chi connectivity index (χ1) is 7.62. The summed E-state index contributed by atoms with van der Waals surface area (Å²) in [6.45, 7) is 6.64. The average Bonchev–Trinajstić information content (AvgIpc) is 2.14. The van der Waals surface area contributed by atoms with Gasteiger partial charge in [0, 0.05) is 13.1 Å². The lowest BCUT2D eigenvalue weighted by Gasteiger charge is -2.33. The first kappa shape index (κ1) is 14.8. The molecule has 1 saturated heterocycles. The van der Waals surface area contributed by atoms with Crippen LogP contribution in [0.1, 0.15) is 20.8 Å². The van der Waals surface area contributed by atoms with Gasteiger partial charge in [0.15, 0.2) is 0 Å². The normalized spacial score (nSPS) is 23.6. The Morgan fingerprint density at radius 1 is 1.53 bits per heavy atom. The van der Waals surface area contributed by atoms with Crippen LogP contribution in [0.2, 0.25) is 0 Å². The van der Waals surface area contributed by atoms with E-state index in [1.165, 1.54) is 4.31 Å². The average molecular weight is 280 g/mol. The van der Waals surface area contributed by atoms with Gasteiger partial charge in [0.1, 0.15) is 11.1 Å². The fourth-order valence-corrected chi connectivity index (χ4v) is 3.82. The van der Waals surface area contributed by atoms with Crippen LogP contribution in [0.4, 0.5) is 0 Å². The molecule has 0 aliphatic carbocycles. The number of ether oxygens (including phenoxy) is 1. The van der Waals surface area contributed by atoms with E-state index in [1.54, 1.807) is 0 Å². The third kappa shape index (κ3) is 4.50. The van der Waals surface area contributed by atoms with Gasteiger partial charge in [-0.25, -0.2) is 8.42 Å². The predicted octanol–water partition coefficient (Wildman–Crippen LogP) is 0.349. The fraction of sp³-hybridized carbons (Fsp3) is 0.900. The highest BCUT2D eigenvalue weighted by Crippen LogP contribution is 2.20.